The average molecular weight is 437 g/mol. The van der Waals surface area contributed by atoms with Crippen LogP contribution >= 0.6 is 0 Å². The molecule has 30 heavy (non-hydrogen) atoms. The van der Waals surface area contributed by atoms with Crippen LogP contribution in [-0.4, -0.2) is 29.5 Å². The second-order valence-electron chi connectivity index (χ2n) is 7.08. The largest absolute Gasteiger partial charge is 0.573 e. The Balaban J connectivity index is 1.65. The van der Waals surface area contributed by atoms with Crippen molar-refractivity contribution in [3.63, 3.8) is 0 Å². The molecular formula is C20H18F3N3O3S. The van der Waals surface area contributed by atoms with Gasteiger partial charge >= 0.3 is 6.36 Å². The fraction of sp³-hybridized carbons (Fsp3) is 0.300. The molecule has 6 nitrogen and oxygen atoms in total. The summed E-state index contributed by atoms with van der Waals surface area (Å²) in [6, 6.07) is 13.9. The minimum absolute atomic E-state index is 0.163. The molecule has 2 aromatic carbocycles. The molecule has 0 bridgehead atoms. The van der Waals surface area contributed by atoms with Gasteiger partial charge in [0.15, 0.2) is 0 Å². The van der Waals surface area contributed by atoms with Crippen LogP contribution in [0.15, 0.2) is 59.8 Å². The van der Waals surface area contributed by atoms with Gasteiger partial charge in [0.1, 0.15) is 11.6 Å². The number of hydrogen-bond acceptors (Lipinski definition) is 5. The molecule has 0 radical (unpaired) electrons. The summed E-state index contributed by atoms with van der Waals surface area (Å²) in [6.45, 7) is 1.45. The van der Waals surface area contributed by atoms with E-state index in [-0.39, 0.29) is 11.1 Å². The number of aromatic nitrogens is 3. The van der Waals surface area contributed by atoms with Crippen molar-refractivity contribution in [3.05, 3.63) is 66.0 Å². The minimum atomic E-state index is -4.81. The first-order valence-corrected chi connectivity index (χ1v) is 10.8. The van der Waals surface area contributed by atoms with Crippen LogP contribution in [0.4, 0.5) is 13.2 Å². The molecule has 158 valence electrons. The van der Waals surface area contributed by atoms with Crippen molar-refractivity contribution in [2.45, 2.75) is 42.5 Å². The third kappa shape index (κ3) is 4.18. The normalized spacial score (nSPS) is 15.7. The molecule has 0 spiro atoms. The lowest BCUT2D eigenvalue weighted by Crippen LogP contribution is -2.17. The van der Waals surface area contributed by atoms with Crippen LogP contribution in [0.1, 0.15) is 42.3 Å². The molecule has 1 aromatic heterocycles. The van der Waals surface area contributed by atoms with E-state index in [1.165, 1.54) is 19.1 Å². The van der Waals surface area contributed by atoms with Gasteiger partial charge in [0.25, 0.3) is 5.16 Å². The first-order chi connectivity index (χ1) is 14.1. The highest BCUT2D eigenvalue weighted by atomic mass is 32.2. The summed E-state index contributed by atoms with van der Waals surface area (Å²) in [5, 5.41) is 2.93. The molecule has 0 N–H and O–H groups in total. The van der Waals surface area contributed by atoms with E-state index < -0.39 is 27.2 Å². The van der Waals surface area contributed by atoms with E-state index in [1.807, 2.05) is 30.3 Å². The summed E-state index contributed by atoms with van der Waals surface area (Å²) in [7, 11) is -3.96. The lowest BCUT2D eigenvalue weighted by atomic mass is 10.2. The molecule has 1 saturated carbocycles. The van der Waals surface area contributed by atoms with Crippen molar-refractivity contribution in [2.24, 2.45) is 0 Å². The van der Waals surface area contributed by atoms with E-state index in [0.717, 1.165) is 30.7 Å². The monoisotopic (exact) mass is 437 g/mol. The lowest BCUT2D eigenvalue weighted by Gasteiger charge is -2.13. The quantitative estimate of drug-likeness (QED) is 0.565. The first-order valence-electron chi connectivity index (χ1n) is 9.27. The van der Waals surface area contributed by atoms with Crippen molar-refractivity contribution in [1.29, 1.82) is 0 Å². The SMILES string of the molecule is C[C@H](c1ccc(OC(F)(F)F)cc1)S(=O)(=O)c1nc(C2CC2)n(-c2ccccc2)n1. The van der Waals surface area contributed by atoms with Crippen LogP contribution in [-0.2, 0) is 9.84 Å². The molecule has 4 rings (SSSR count). The molecule has 1 aliphatic carbocycles. The third-order valence-electron chi connectivity index (χ3n) is 4.86. The summed E-state index contributed by atoms with van der Waals surface area (Å²) < 4.78 is 68.6. The zero-order valence-electron chi connectivity index (χ0n) is 15.9. The maximum Gasteiger partial charge on any atom is 0.573 e. The third-order valence-corrected chi connectivity index (χ3v) is 6.74. The Kier molecular flexibility index (Phi) is 5.05. The van der Waals surface area contributed by atoms with Crippen LogP contribution in [0.3, 0.4) is 0 Å². The van der Waals surface area contributed by atoms with Crippen LogP contribution in [0, 0.1) is 0 Å². The molecule has 0 aliphatic heterocycles. The molecule has 1 atom stereocenters. The fourth-order valence-electron chi connectivity index (χ4n) is 3.07. The summed E-state index contributed by atoms with van der Waals surface area (Å²) in [6.07, 6.45) is -2.98. The number of rotatable bonds is 6. The summed E-state index contributed by atoms with van der Waals surface area (Å²) in [4.78, 5) is 4.32. The number of benzene rings is 2. The maximum atomic E-state index is 13.1. The molecule has 0 amide bonds. The highest BCUT2D eigenvalue weighted by molar-refractivity contribution is 7.91. The van der Waals surface area contributed by atoms with Gasteiger partial charge in [-0.25, -0.2) is 18.1 Å². The predicted octanol–water partition coefficient (Wildman–Crippen LogP) is 4.58. The molecule has 1 heterocycles. The van der Waals surface area contributed by atoms with Gasteiger partial charge in [0, 0.05) is 5.92 Å². The van der Waals surface area contributed by atoms with Gasteiger partial charge in [0.05, 0.1) is 10.9 Å². The Morgan fingerprint density at radius 2 is 1.70 bits per heavy atom. The van der Waals surface area contributed by atoms with E-state index >= 15 is 0 Å². The van der Waals surface area contributed by atoms with E-state index in [0.29, 0.717) is 11.4 Å². The minimum Gasteiger partial charge on any atom is -0.406 e. The van der Waals surface area contributed by atoms with Gasteiger partial charge in [-0.15, -0.1) is 18.3 Å². The van der Waals surface area contributed by atoms with E-state index in [9.17, 15) is 21.6 Å². The number of ether oxygens (including phenoxy) is 1. The van der Waals surface area contributed by atoms with Gasteiger partial charge in [-0.05, 0) is 49.6 Å². The highest BCUT2D eigenvalue weighted by Crippen LogP contribution is 2.40. The molecule has 1 aliphatic rings. The van der Waals surface area contributed by atoms with Crippen LogP contribution < -0.4 is 4.74 Å². The van der Waals surface area contributed by atoms with Crippen LogP contribution in [0.25, 0.3) is 5.69 Å². The molecule has 10 heteroatoms. The van der Waals surface area contributed by atoms with Crippen LogP contribution in [0.2, 0.25) is 0 Å². The maximum absolute atomic E-state index is 13.1. The fourth-order valence-corrected chi connectivity index (χ4v) is 4.32. The number of nitrogens with zero attached hydrogens (tertiary/aromatic N) is 3. The van der Waals surface area contributed by atoms with Crippen molar-refractivity contribution in [2.75, 3.05) is 0 Å². The van der Waals surface area contributed by atoms with Crippen molar-refractivity contribution in [1.82, 2.24) is 14.8 Å². The van der Waals surface area contributed by atoms with Crippen molar-refractivity contribution < 1.29 is 26.3 Å². The Labute approximate surface area is 171 Å². The average Bonchev–Trinajstić information content (AvgIpc) is 3.45. The van der Waals surface area contributed by atoms with Crippen molar-refractivity contribution in [3.8, 4) is 11.4 Å². The van der Waals surface area contributed by atoms with Gasteiger partial charge < -0.3 is 4.74 Å². The van der Waals surface area contributed by atoms with E-state index in [4.69, 9.17) is 0 Å². The van der Waals surface area contributed by atoms with Gasteiger partial charge in [-0.1, -0.05) is 30.3 Å². The Bertz CT molecular complexity index is 1140. The molecule has 0 unspecified atom stereocenters. The molecular weight excluding hydrogens is 419 g/mol. The van der Waals surface area contributed by atoms with E-state index in [1.54, 1.807) is 4.68 Å². The number of halogens is 3. The highest BCUT2D eigenvalue weighted by Gasteiger charge is 2.36. The van der Waals surface area contributed by atoms with Gasteiger partial charge in [0.2, 0.25) is 9.84 Å². The Morgan fingerprint density at radius 3 is 2.27 bits per heavy atom. The Morgan fingerprint density at radius 1 is 1.07 bits per heavy atom. The first kappa shape index (κ1) is 20.4. The second kappa shape index (κ2) is 7.42. The number of hydrogen-bond donors (Lipinski definition) is 0. The zero-order valence-corrected chi connectivity index (χ0v) is 16.7. The number of para-hydroxylation sites is 1. The summed E-state index contributed by atoms with van der Waals surface area (Å²) in [5.41, 5.74) is 1.03. The molecule has 1 fully saturated rings. The second-order valence-corrected chi connectivity index (χ2v) is 9.24. The van der Waals surface area contributed by atoms with Gasteiger partial charge in [-0.3, -0.25) is 0 Å². The summed E-state index contributed by atoms with van der Waals surface area (Å²) >= 11 is 0. The zero-order chi connectivity index (χ0) is 21.5. The molecule has 3 aromatic rings. The van der Waals surface area contributed by atoms with Gasteiger partial charge in [-0.2, -0.15) is 0 Å². The standard InChI is InChI=1S/C20H18F3N3O3S/c1-13(14-9-11-17(12-10-14)29-20(21,22)23)30(27,28)19-24-18(15-7-8-15)26(25-19)16-5-3-2-4-6-16/h2-6,9-13,15H,7-8H2,1H3/t13-/m1/s1. The lowest BCUT2D eigenvalue weighted by molar-refractivity contribution is -0.274. The molecule has 0 saturated heterocycles. The number of sulfone groups is 1. The summed E-state index contributed by atoms with van der Waals surface area (Å²) in [5.74, 6) is 0.343. The van der Waals surface area contributed by atoms with Crippen molar-refractivity contribution >= 4 is 9.84 Å². The van der Waals surface area contributed by atoms with Crippen LogP contribution in [0.5, 0.6) is 5.75 Å². The topological polar surface area (TPSA) is 74.1 Å². The Hall–Kier alpha value is -2.88. The van der Waals surface area contributed by atoms with E-state index in [2.05, 4.69) is 14.8 Å². The predicted molar refractivity (Wildman–Crippen MR) is 102 cm³/mol. The smallest absolute Gasteiger partial charge is 0.406 e. The number of alkyl halides is 3.